The number of carbonyl (C=O) groups is 14. The van der Waals surface area contributed by atoms with Crippen LogP contribution in [0.2, 0.25) is 0 Å². The van der Waals surface area contributed by atoms with Crippen LogP contribution in [0.15, 0.2) is 24.3 Å². The fourth-order valence-electron chi connectivity index (χ4n) is 15.0. The van der Waals surface area contributed by atoms with Crippen LogP contribution in [0.4, 0.5) is 5.69 Å². The number of nitrogens with one attached hydrogen (secondary N) is 3. The molecule has 0 saturated carbocycles. The number of ether oxygens (including phenoxy) is 2. The van der Waals surface area contributed by atoms with Crippen molar-refractivity contribution < 1.29 is 91.9 Å². The zero-order valence-electron chi connectivity index (χ0n) is 68.9. The van der Waals surface area contributed by atoms with E-state index in [2.05, 4.69) is 16.0 Å². The molecule has 0 aromatic heterocycles. The zero-order chi connectivity index (χ0) is 83.1. The molecule has 0 aliphatic carbocycles. The molecule has 0 radical (unpaired) electrons. The lowest BCUT2D eigenvalue weighted by molar-refractivity contribution is -0.176. The minimum Gasteiger partial charge on any atom is -0.462 e. The summed E-state index contributed by atoms with van der Waals surface area (Å²) in [6, 6.07) is -6.71. The Morgan fingerprint density at radius 2 is 0.963 bits per heavy atom. The molecule has 16 atom stereocenters. The average molecular weight is 1520 g/mol. The number of esters is 2. The molecule has 0 spiro atoms. The number of para-hydroxylation sites is 1. The van der Waals surface area contributed by atoms with Gasteiger partial charge in [-0.05, 0) is 76.2 Å². The highest BCUT2D eigenvalue weighted by Gasteiger charge is 2.61. The molecule has 6 N–H and O–H groups in total. The van der Waals surface area contributed by atoms with Crippen molar-refractivity contribution in [2.75, 3.05) is 81.8 Å². The van der Waals surface area contributed by atoms with Crippen molar-refractivity contribution in [2.45, 2.75) is 247 Å². The highest BCUT2D eigenvalue weighted by atomic mass is 16.6. The molecule has 12 amide bonds. The van der Waals surface area contributed by atoms with Crippen LogP contribution in [0.5, 0.6) is 0 Å². The van der Waals surface area contributed by atoms with Crippen LogP contribution in [-0.4, -0.2) is 308 Å². The predicted molar refractivity (Wildman–Crippen MR) is 400 cm³/mol. The Balaban J connectivity index is 2.04. The quantitative estimate of drug-likeness (QED) is 0.136. The van der Waals surface area contributed by atoms with Gasteiger partial charge >= 0.3 is 11.9 Å². The molecule has 32 nitrogen and oxygen atoms in total. The number of anilines is 1. The standard InChI is InChI=1S/C76H125N13O19/c1-29-43(11)55-66(98)84(24)58(42(9)10)69(101)85(25)57(41(7)8)67(99)80(20)37-51(91)82(22)61(75(18,19)105)71(103)87(27)60(45(13)46(14)107-53(93)36-74(16,17)104)70(102)88(28)72(108-47(15)90)63(95)78-54(39(3)4)65(97)86(26)59(44(12)30-2)68(100)81(21)38-52(92)89-50(64(96)83(23)56(40(5)6)62(94)79-55)35-76(106)48-33-31-32-34-49(48)77-73(76)89/h31-34,39-46,50,54-61,72-73,77,104-106H,29-30,35-38H2,1-28H3,(H,78,95)(H,79,94)/t43?,44?,45?,46?,50-,54-,55-,56-,57-,58-,59-,60-,61+,72+,73?,76+/m0/s1. The zero-order valence-corrected chi connectivity index (χ0v) is 68.9. The minimum atomic E-state index is -2.25. The Morgan fingerprint density at radius 3 is 1.45 bits per heavy atom. The van der Waals surface area contributed by atoms with Gasteiger partial charge in [0.05, 0.1) is 30.7 Å². The van der Waals surface area contributed by atoms with E-state index in [1.54, 1.807) is 107 Å². The summed E-state index contributed by atoms with van der Waals surface area (Å²) >= 11 is 0. The molecular weight excluding hydrogens is 1400 g/mol. The third-order valence-electron chi connectivity index (χ3n) is 21.5. The van der Waals surface area contributed by atoms with Crippen LogP contribution in [0.25, 0.3) is 0 Å². The Kier molecular flexibility index (Phi) is 31.3. The molecule has 108 heavy (non-hydrogen) atoms. The maximum atomic E-state index is 15.6. The molecule has 1 aromatic rings. The Bertz CT molecular complexity index is 3480. The number of carbonyl (C=O) groups excluding carboxylic acids is 14. The van der Waals surface area contributed by atoms with Gasteiger partial charge in [0.15, 0.2) is 0 Å². The van der Waals surface area contributed by atoms with Crippen molar-refractivity contribution >= 4 is 88.5 Å². The molecule has 608 valence electrons. The van der Waals surface area contributed by atoms with E-state index >= 15 is 47.9 Å². The van der Waals surface area contributed by atoms with Crippen molar-refractivity contribution in [1.29, 1.82) is 0 Å². The summed E-state index contributed by atoms with van der Waals surface area (Å²) in [5.74, 6) is -17.9. The first-order valence-corrected chi connectivity index (χ1v) is 37.3. The van der Waals surface area contributed by atoms with Gasteiger partial charge in [0.2, 0.25) is 65.0 Å². The molecule has 2 fully saturated rings. The van der Waals surface area contributed by atoms with Crippen LogP contribution in [0.3, 0.4) is 0 Å². The van der Waals surface area contributed by atoms with Gasteiger partial charge in [-0.25, -0.2) is 0 Å². The highest BCUT2D eigenvalue weighted by molar-refractivity contribution is 6.01. The fourth-order valence-corrected chi connectivity index (χ4v) is 15.0. The number of hydrogen-bond acceptors (Lipinski definition) is 20. The molecule has 3 aliphatic heterocycles. The van der Waals surface area contributed by atoms with Gasteiger partial charge in [-0.2, -0.15) is 0 Å². The van der Waals surface area contributed by atoms with Gasteiger partial charge in [-0.1, -0.05) is 121 Å². The predicted octanol–water partition coefficient (Wildman–Crippen LogP) is 1.65. The molecule has 4 rings (SSSR count). The van der Waals surface area contributed by atoms with Gasteiger partial charge in [0, 0.05) is 93.9 Å². The van der Waals surface area contributed by atoms with Crippen molar-refractivity contribution in [3.05, 3.63) is 29.8 Å². The highest BCUT2D eigenvalue weighted by Crippen LogP contribution is 2.50. The molecule has 3 aliphatic rings. The lowest BCUT2D eigenvalue weighted by atomic mass is 9.90. The van der Waals surface area contributed by atoms with Crippen LogP contribution >= 0.6 is 0 Å². The number of likely N-dealkylation sites (N-methyl/N-ethyl adjacent to an activating group) is 9. The first-order chi connectivity index (χ1) is 49.6. The van der Waals surface area contributed by atoms with E-state index in [9.17, 15) is 34.5 Å². The molecule has 1 aromatic carbocycles. The van der Waals surface area contributed by atoms with E-state index in [4.69, 9.17) is 9.47 Å². The second kappa shape index (κ2) is 36.8. The third-order valence-corrected chi connectivity index (χ3v) is 21.5. The molecular formula is C76H125N13O19. The molecule has 5 unspecified atom stereocenters. The van der Waals surface area contributed by atoms with Crippen molar-refractivity contribution in [3.8, 4) is 0 Å². The Morgan fingerprint density at radius 1 is 0.519 bits per heavy atom. The summed E-state index contributed by atoms with van der Waals surface area (Å²) in [6.45, 7) is 27.6. The average Bonchev–Trinajstić information content (AvgIpc) is 1.55. The molecule has 2 saturated heterocycles. The smallest absolute Gasteiger partial charge is 0.308 e. The Labute approximate surface area is 637 Å². The summed E-state index contributed by atoms with van der Waals surface area (Å²) in [6.07, 6.45) is -5.15. The normalized spacial score (nSPS) is 27.7. The summed E-state index contributed by atoms with van der Waals surface area (Å²) in [5, 5.41) is 44.1. The maximum Gasteiger partial charge on any atom is 0.308 e. The van der Waals surface area contributed by atoms with E-state index in [1.165, 1.54) is 101 Å². The number of fused-ring (bicyclic) bond motifs is 5. The van der Waals surface area contributed by atoms with Gasteiger partial charge in [-0.15, -0.1) is 0 Å². The molecule has 32 heteroatoms. The summed E-state index contributed by atoms with van der Waals surface area (Å²) in [4.78, 5) is 219. The van der Waals surface area contributed by atoms with E-state index in [-0.39, 0.29) is 12.8 Å². The lowest BCUT2D eigenvalue weighted by Crippen LogP contribution is -2.65. The van der Waals surface area contributed by atoms with Gasteiger partial charge in [-0.3, -0.25) is 67.1 Å². The SMILES string of the molecule is CCC(C)[C@@H]1NC(=O)[C@H](C(C)C)N(C)C(=O)[C@@H]2C[C@@]3(O)c4ccccc4NC3N2C(=O)CN(C)C(=O)[C@H](C(C)CC)N(C)C(=O)[C@H](C(C)C)NC(=O)[C@@H](OC(C)=O)N(C)C(=O)[C@H](C(C)C(C)OC(=O)CC(C)(C)O)N(C)C(=O)[C@H](C(C)(C)O)N(C)C(=O)CN(C)C(=O)[C@H](C(C)C)N(C)C(=O)[C@H](C(C)C)N(C)C1=O. The Hall–Kier alpha value is -8.52. The number of benzene rings is 1. The molecule has 0 bridgehead atoms. The molecule has 3 heterocycles. The largest absolute Gasteiger partial charge is 0.462 e. The second-order valence-corrected chi connectivity index (χ2v) is 32.6. The monoisotopic (exact) mass is 1520 g/mol. The first kappa shape index (κ1) is 91.9. The van der Waals surface area contributed by atoms with Crippen molar-refractivity contribution in [3.63, 3.8) is 0 Å². The fraction of sp³-hybridized carbons (Fsp3) is 0.737. The number of aliphatic hydroxyl groups is 3. The third kappa shape index (κ3) is 20.5. The number of rotatable bonds is 15. The second-order valence-electron chi connectivity index (χ2n) is 32.6. The number of nitrogens with zero attached hydrogens (tertiary/aromatic N) is 10. The van der Waals surface area contributed by atoms with Crippen LogP contribution in [0, 0.1) is 41.4 Å². The van der Waals surface area contributed by atoms with Crippen LogP contribution < -0.4 is 16.0 Å². The van der Waals surface area contributed by atoms with E-state index in [1.807, 2.05) is 0 Å². The van der Waals surface area contributed by atoms with Gasteiger partial charge < -0.3 is 89.7 Å². The summed E-state index contributed by atoms with van der Waals surface area (Å²) in [7, 11) is 11.4. The lowest BCUT2D eigenvalue weighted by Gasteiger charge is -2.43. The van der Waals surface area contributed by atoms with E-state index in [0.29, 0.717) is 22.6 Å². The van der Waals surface area contributed by atoms with E-state index < -0.39 is 233 Å². The minimum absolute atomic E-state index is 0.277. The summed E-state index contributed by atoms with van der Waals surface area (Å²) in [5.41, 5.74) is -4.82. The van der Waals surface area contributed by atoms with E-state index in [0.717, 1.165) is 55.3 Å². The number of amides is 12. The van der Waals surface area contributed by atoms with Crippen molar-refractivity contribution in [1.82, 2.24) is 59.6 Å². The van der Waals surface area contributed by atoms with Gasteiger partial charge in [0.25, 0.3) is 12.1 Å². The number of hydrogen-bond donors (Lipinski definition) is 6. The van der Waals surface area contributed by atoms with Crippen molar-refractivity contribution in [2.24, 2.45) is 41.4 Å². The first-order valence-electron chi connectivity index (χ1n) is 37.3. The van der Waals surface area contributed by atoms with Crippen LogP contribution in [0.1, 0.15) is 163 Å². The maximum absolute atomic E-state index is 15.6. The van der Waals surface area contributed by atoms with Crippen LogP contribution in [-0.2, 0) is 82.2 Å². The topological polar surface area (TPSA) is 387 Å². The van der Waals surface area contributed by atoms with Gasteiger partial charge in [0.1, 0.15) is 72.2 Å². The summed E-state index contributed by atoms with van der Waals surface area (Å²) < 4.78 is 11.3.